The number of nitrogens with zero attached hydrogens (tertiary/aromatic N) is 1. The van der Waals surface area contributed by atoms with Gasteiger partial charge < -0.3 is 5.32 Å². The summed E-state index contributed by atoms with van der Waals surface area (Å²) in [7, 11) is 0. The van der Waals surface area contributed by atoms with Crippen molar-refractivity contribution in [2.45, 2.75) is 43.7 Å². The van der Waals surface area contributed by atoms with Crippen LogP contribution in [0.3, 0.4) is 0 Å². The number of hydrogen-bond acceptors (Lipinski definition) is 2. The molecule has 0 aromatic heterocycles. The second kappa shape index (κ2) is 4.88. The lowest BCUT2D eigenvalue weighted by molar-refractivity contribution is -0.123. The van der Waals surface area contributed by atoms with Gasteiger partial charge in [-0.15, -0.1) is 0 Å². The minimum Gasteiger partial charge on any atom is -0.352 e. The molecule has 0 bridgehead atoms. The summed E-state index contributed by atoms with van der Waals surface area (Å²) in [6, 6.07) is 11.7. The molecular weight excluding hydrogens is 248 g/mol. The molecule has 3 nitrogen and oxygen atoms in total. The van der Waals surface area contributed by atoms with E-state index >= 15 is 0 Å². The molecule has 0 unspecified atom stereocenters. The predicted octanol–water partition coefficient (Wildman–Crippen LogP) is 2.14. The number of carbonyl (C=O) groups is 1. The zero-order valence-corrected chi connectivity index (χ0v) is 11.8. The lowest BCUT2D eigenvalue weighted by Crippen LogP contribution is -2.38. The van der Waals surface area contributed by atoms with Crippen LogP contribution in [0.2, 0.25) is 0 Å². The molecule has 20 heavy (non-hydrogen) atoms. The standard InChI is InChI=1S/C17H22N2O/c20-17(16-10-15(16)12-4-2-1-3-5-12)18-13-8-9-19(11-13)14-6-7-14/h1-5,13-16H,6-11H2,(H,18,20)/t13-,15+,16-/m1/s1. The average Bonchev–Trinajstić information content (AvgIpc) is 3.39. The average molecular weight is 270 g/mol. The highest BCUT2D eigenvalue weighted by atomic mass is 16.2. The first-order valence-corrected chi connectivity index (χ1v) is 7.90. The van der Waals surface area contributed by atoms with Crippen molar-refractivity contribution in [2.75, 3.05) is 13.1 Å². The summed E-state index contributed by atoms with van der Waals surface area (Å²) in [5.74, 6) is 0.950. The van der Waals surface area contributed by atoms with Crippen LogP contribution in [0.5, 0.6) is 0 Å². The van der Waals surface area contributed by atoms with Crippen LogP contribution >= 0.6 is 0 Å². The maximum Gasteiger partial charge on any atom is 0.224 e. The van der Waals surface area contributed by atoms with Crippen LogP contribution in [0.25, 0.3) is 0 Å². The third-order valence-electron chi connectivity index (χ3n) is 4.98. The fourth-order valence-electron chi connectivity index (χ4n) is 3.54. The highest BCUT2D eigenvalue weighted by Crippen LogP contribution is 2.47. The maximum absolute atomic E-state index is 12.3. The van der Waals surface area contributed by atoms with E-state index < -0.39 is 0 Å². The third kappa shape index (κ3) is 2.47. The van der Waals surface area contributed by atoms with E-state index in [4.69, 9.17) is 0 Å². The number of rotatable bonds is 4. The molecule has 1 amide bonds. The Kier molecular flexibility index (Phi) is 3.03. The number of benzene rings is 1. The minimum absolute atomic E-state index is 0.215. The van der Waals surface area contributed by atoms with Crippen LogP contribution in [0.4, 0.5) is 0 Å². The second-order valence-electron chi connectivity index (χ2n) is 6.58. The van der Waals surface area contributed by atoms with Crippen LogP contribution in [0, 0.1) is 5.92 Å². The van der Waals surface area contributed by atoms with E-state index in [0.29, 0.717) is 12.0 Å². The van der Waals surface area contributed by atoms with Crippen molar-refractivity contribution in [2.24, 2.45) is 5.92 Å². The quantitative estimate of drug-likeness (QED) is 0.909. The highest BCUT2D eigenvalue weighted by molar-refractivity contribution is 5.83. The Labute approximate surface area is 120 Å². The van der Waals surface area contributed by atoms with Gasteiger partial charge in [0.1, 0.15) is 0 Å². The second-order valence-corrected chi connectivity index (χ2v) is 6.58. The smallest absolute Gasteiger partial charge is 0.224 e. The van der Waals surface area contributed by atoms with Gasteiger partial charge in [0.2, 0.25) is 5.91 Å². The molecule has 1 aromatic rings. The summed E-state index contributed by atoms with van der Waals surface area (Å²) >= 11 is 0. The Balaban J connectivity index is 1.29. The number of likely N-dealkylation sites (tertiary alicyclic amines) is 1. The summed E-state index contributed by atoms with van der Waals surface area (Å²) in [6.45, 7) is 2.24. The highest BCUT2D eigenvalue weighted by Gasteiger charge is 2.45. The van der Waals surface area contributed by atoms with Gasteiger partial charge in [-0.2, -0.15) is 0 Å². The van der Waals surface area contributed by atoms with Gasteiger partial charge in [-0.3, -0.25) is 9.69 Å². The maximum atomic E-state index is 12.3. The van der Waals surface area contributed by atoms with Gasteiger partial charge in [0, 0.05) is 31.1 Å². The van der Waals surface area contributed by atoms with Gasteiger partial charge in [-0.05, 0) is 37.2 Å². The molecule has 0 radical (unpaired) electrons. The summed E-state index contributed by atoms with van der Waals surface area (Å²) in [5, 5.41) is 3.27. The van der Waals surface area contributed by atoms with Crippen LogP contribution < -0.4 is 5.32 Å². The Morgan fingerprint density at radius 1 is 1.15 bits per heavy atom. The molecule has 106 valence electrons. The number of nitrogens with one attached hydrogen (secondary N) is 1. The summed E-state index contributed by atoms with van der Waals surface area (Å²) in [4.78, 5) is 14.9. The number of carbonyl (C=O) groups excluding carboxylic acids is 1. The Bertz CT molecular complexity index is 497. The molecule has 1 saturated heterocycles. The monoisotopic (exact) mass is 270 g/mol. The first kappa shape index (κ1) is 12.4. The van der Waals surface area contributed by atoms with E-state index in [0.717, 1.165) is 25.4 Å². The predicted molar refractivity (Wildman–Crippen MR) is 78.4 cm³/mol. The van der Waals surface area contributed by atoms with Crippen LogP contribution in [-0.4, -0.2) is 36.0 Å². The minimum atomic E-state index is 0.215. The molecule has 1 aromatic carbocycles. The molecule has 2 saturated carbocycles. The van der Waals surface area contributed by atoms with Gasteiger partial charge in [0.25, 0.3) is 0 Å². The zero-order chi connectivity index (χ0) is 13.5. The molecule has 1 aliphatic heterocycles. The SMILES string of the molecule is O=C(N[C@@H]1CCN(C2CC2)C1)[C@@H]1C[C@H]1c1ccccc1. The van der Waals surface area contributed by atoms with E-state index in [1.807, 2.05) is 6.07 Å². The Morgan fingerprint density at radius 2 is 1.95 bits per heavy atom. The van der Waals surface area contributed by atoms with E-state index in [9.17, 15) is 4.79 Å². The van der Waals surface area contributed by atoms with Crippen molar-refractivity contribution < 1.29 is 4.79 Å². The van der Waals surface area contributed by atoms with Crippen molar-refractivity contribution in [1.29, 1.82) is 0 Å². The molecule has 1 N–H and O–H groups in total. The Hall–Kier alpha value is -1.35. The van der Waals surface area contributed by atoms with E-state index in [1.165, 1.54) is 24.9 Å². The molecule has 3 heteroatoms. The molecule has 0 spiro atoms. The summed E-state index contributed by atoms with van der Waals surface area (Å²) in [6.07, 6.45) is 4.87. The molecule has 3 atom stereocenters. The molecule has 1 heterocycles. The van der Waals surface area contributed by atoms with Crippen molar-refractivity contribution in [3.05, 3.63) is 35.9 Å². The van der Waals surface area contributed by atoms with Crippen molar-refractivity contribution in [3.8, 4) is 0 Å². The fourth-order valence-corrected chi connectivity index (χ4v) is 3.54. The van der Waals surface area contributed by atoms with E-state index in [2.05, 4.69) is 34.5 Å². The fraction of sp³-hybridized carbons (Fsp3) is 0.588. The zero-order valence-electron chi connectivity index (χ0n) is 11.8. The molecule has 2 aliphatic carbocycles. The third-order valence-corrected chi connectivity index (χ3v) is 4.98. The first-order chi connectivity index (χ1) is 9.81. The van der Waals surface area contributed by atoms with Gasteiger partial charge in [-0.1, -0.05) is 30.3 Å². The molecule has 3 fully saturated rings. The summed E-state index contributed by atoms with van der Waals surface area (Å²) < 4.78 is 0. The van der Waals surface area contributed by atoms with Gasteiger partial charge >= 0.3 is 0 Å². The van der Waals surface area contributed by atoms with E-state index in [1.54, 1.807) is 0 Å². The lowest BCUT2D eigenvalue weighted by Gasteiger charge is -2.15. The topological polar surface area (TPSA) is 32.3 Å². The lowest BCUT2D eigenvalue weighted by atomic mass is 10.1. The summed E-state index contributed by atoms with van der Waals surface area (Å²) in [5.41, 5.74) is 1.32. The normalized spacial score (nSPS) is 33.1. The van der Waals surface area contributed by atoms with Gasteiger partial charge in [-0.25, -0.2) is 0 Å². The van der Waals surface area contributed by atoms with Crippen molar-refractivity contribution in [3.63, 3.8) is 0 Å². The number of hydrogen-bond donors (Lipinski definition) is 1. The van der Waals surface area contributed by atoms with Crippen LogP contribution in [0.15, 0.2) is 30.3 Å². The first-order valence-electron chi connectivity index (χ1n) is 7.90. The van der Waals surface area contributed by atoms with Crippen molar-refractivity contribution in [1.82, 2.24) is 10.2 Å². The molecular formula is C17H22N2O. The Morgan fingerprint density at radius 3 is 2.70 bits per heavy atom. The van der Waals surface area contributed by atoms with Gasteiger partial charge in [0.05, 0.1) is 0 Å². The molecule has 3 aliphatic rings. The van der Waals surface area contributed by atoms with Crippen LogP contribution in [-0.2, 0) is 4.79 Å². The van der Waals surface area contributed by atoms with E-state index in [-0.39, 0.29) is 11.8 Å². The number of amides is 1. The van der Waals surface area contributed by atoms with Crippen molar-refractivity contribution >= 4 is 5.91 Å². The largest absolute Gasteiger partial charge is 0.352 e. The van der Waals surface area contributed by atoms with Crippen LogP contribution in [0.1, 0.15) is 37.2 Å². The molecule has 4 rings (SSSR count). The van der Waals surface area contributed by atoms with Gasteiger partial charge in [0.15, 0.2) is 0 Å².